The fraction of sp³-hybridized carbons (Fsp3) is 0.207. The largest absolute Gasteiger partial charge is 0.378 e. The lowest BCUT2D eigenvalue weighted by molar-refractivity contribution is -0.111. The topological polar surface area (TPSA) is 125 Å². The van der Waals surface area contributed by atoms with Gasteiger partial charge in [0.1, 0.15) is 0 Å². The van der Waals surface area contributed by atoms with Crippen LogP contribution in [0.5, 0.6) is 0 Å². The smallest absolute Gasteiger partial charge is 0.261 e. The Morgan fingerprint density at radius 1 is 1.12 bits per heavy atom. The van der Waals surface area contributed by atoms with Gasteiger partial charge in [0.05, 0.1) is 40.0 Å². The van der Waals surface area contributed by atoms with Crippen molar-refractivity contribution in [1.82, 2.24) is 25.5 Å². The van der Waals surface area contributed by atoms with Crippen LogP contribution in [-0.4, -0.2) is 64.8 Å². The second-order valence-corrected chi connectivity index (χ2v) is 10.4. The van der Waals surface area contributed by atoms with Crippen LogP contribution < -0.4 is 15.5 Å². The minimum Gasteiger partial charge on any atom is -0.378 e. The fourth-order valence-electron chi connectivity index (χ4n) is 4.66. The number of H-pyrrole nitrogens is 1. The number of nitrogens with one attached hydrogen (secondary N) is 3. The normalized spacial score (nSPS) is 13.4. The molecular weight excluding hydrogens is 526 g/mol. The molecule has 4 heterocycles. The number of ether oxygens (including phenoxy) is 1. The van der Waals surface area contributed by atoms with E-state index in [-0.39, 0.29) is 11.8 Å². The first-order valence-corrected chi connectivity index (χ1v) is 13.8. The Balaban J connectivity index is 1.23. The number of amides is 2. The summed E-state index contributed by atoms with van der Waals surface area (Å²) >= 11 is 1.40. The predicted octanol–water partition coefficient (Wildman–Crippen LogP) is 4.17. The first-order valence-electron chi connectivity index (χ1n) is 13.0. The summed E-state index contributed by atoms with van der Waals surface area (Å²) < 4.78 is 6.45. The second kappa shape index (κ2) is 11.2. The lowest BCUT2D eigenvalue weighted by Crippen LogP contribution is -2.36. The van der Waals surface area contributed by atoms with Crippen LogP contribution in [0.4, 0.5) is 11.5 Å². The summed E-state index contributed by atoms with van der Waals surface area (Å²) in [5.41, 5.74) is 4.28. The van der Waals surface area contributed by atoms with E-state index in [9.17, 15) is 9.59 Å². The van der Waals surface area contributed by atoms with Gasteiger partial charge in [-0.2, -0.15) is 5.10 Å². The van der Waals surface area contributed by atoms with Gasteiger partial charge >= 0.3 is 0 Å². The molecule has 2 amide bonds. The van der Waals surface area contributed by atoms with Crippen molar-refractivity contribution in [3.05, 3.63) is 77.8 Å². The van der Waals surface area contributed by atoms with E-state index in [1.165, 1.54) is 17.4 Å². The summed E-state index contributed by atoms with van der Waals surface area (Å²) in [5.74, 6) is 1.01. The molecule has 0 bridgehead atoms. The van der Waals surface area contributed by atoms with Crippen molar-refractivity contribution in [2.24, 2.45) is 0 Å². The van der Waals surface area contributed by atoms with E-state index in [4.69, 9.17) is 14.7 Å². The van der Waals surface area contributed by atoms with E-state index in [1.807, 2.05) is 48.5 Å². The third kappa shape index (κ3) is 5.29. The van der Waals surface area contributed by atoms with E-state index in [0.29, 0.717) is 42.6 Å². The monoisotopic (exact) mass is 553 g/mol. The van der Waals surface area contributed by atoms with Crippen molar-refractivity contribution < 1.29 is 14.3 Å². The van der Waals surface area contributed by atoms with Gasteiger partial charge in [0.2, 0.25) is 5.91 Å². The van der Waals surface area contributed by atoms with E-state index in [2.05, 4.69) is 32.3 Å². The van der Waals surface area contributed by atoms with Crippen molar-refractivity contribution in [3.8, 4) is 11.4 Å². The number of aromatic nitrogens is 4. The standard InChI is InChI=1S/C29H27N7O3S/c1-2-25(37)32-19-8-6-18(7-9-19)10-11-30-29(38)24-16-23-26(40-24)28(36-12-14-39-15-13-36)34-27(33-23)20-4-3-5-22-21(20)17-31-35-22/h2-9,16-17H,1,10-15H2,(H,30,38)(H,31,35)(H,32,37). The van der Waals surface area contributed by atoms with Crippen LogP contribution in [0.15, 0.2) is 67.4 Å². The molecule has 6 rings (SSSR count). The maximum Gasteiger partial charge on any atom is 0.261 e. The Morgan fingerprint density at radius 2 is 1.95 bits per heavy atom. The molecule has 40 heavy (non-hydrogen) atoms. The molecule has 0 spiro atoms. The number of rotatable bonds is 8. The van der Waals surface area contributed by atoms with Crippen molar-refractivity contribution in [1.29, 1.82) is 0 Å². The number of carbonyl (C=O) groups is 2. The van der Waals surface area contributed by atoms with E-state index in [0.717, 1.165) is 51.2 Å². The second-order valence-electron chi connectivity index (χ2n) is 9.33. The molecule has 1 fully saturated rings. The van der Waals surface area contributed by atoms with Crippen molar-refractivity contribution in [3.63, 3.8) is 0 Å². The molecule has 5 aromatic rings. The third-order valence-electron chi connectivity index (χ3n) is 6.72. The minimum atomic E-state index is -0.254. The van der Waals surface area contributed by atoms with Gasteiger partial charge in [0, 0.05) is 36.3 Å². The van der Waals surface area contributed by atoms with Crippen LogP contribution in [-0.2, 0) is 16.0 Å². The van der Waals surface area contributed by atoms with Gasteiger partial charge in [-0.1, -0.05) is 30.8 Å². The van der Waals surface area contributed by atoms with Crippen LogP contribution in [0.1, 0.15) is 15.2 Å². The van der Waals surface area contributed by atoms with Gasteiger partial charge < -0.3 is 20.3 Å². The number of nitrogens with zero attached hydrogens (tertiary/aromatic N) is 4. The number of hydrogen-bond donors (Lipinski definition) is 3. The van der Waals surface area contributed by atoms with Crippen molar-refractivity contribution >= 4 is 55.8 Å². The van der Waals surface area contributed by atoms with Crippen LogP contribution in [0, 0.1) is 0 Å². The number of anilines is 2. The quantitative estimate of drug-likeness (QED) is 0.246. The highest BCUT2D eigenvalue weighted by atomic mass is 32.1. The Hall–Kier alpha value is -4.61. The fourth-order valence-corrected chi connectivity index (χ4v) is 5.69. The average molecular weight is 554 g/mol. The third-order valence-corrected chi connectivity index (χ3v) is 7.84. The summed E-state index contributed by atoms with van der Waals surface area (Å²) in [7, 11) is 0. The number of aromatic amines is 1. The highest BCUT2D eigenvalue weighted by Crippen LogP contribution is 2.35. The van der Waals surface area contributed by atoms with Crippen molar-refractivity contribution in [2.75, 3.05) is 43.1 Å². The molecule has 11 heteroatoms. The summed E-state index contributed by atoms with van der Waals surface area (Å²) in [4.78, 5) is 37.3. The number of hydrogen-bond acceptors (Lipinski definition) is 8. The van der Waals surface area contributed by atoms with Gasteiger partial charge in [0.15, 0.2) is 11.6 Å². The zero-order chi connectivity index (χ0) is 27.5. The van der Waals surface area contributed by atoms with Crippen LogP contribution in [0.25, 0.3) is 32.5 Å². The van der Waals surface area contributed by atoms with Gasteiger partial charge in [-0.05, 0) is 42.3 Å². The number of morpholine rings is 1. The molecule has 3 N–H and O–H groups in total. The van der Waals surface area contributed by atoms with Gasteiger partial charge in [-0.15, -0.1) is 11.3 Å². The molecule has 0 unspecified atom stereocenters. The maximum atomic E-state index is 13.1. The highest BCUT2D eigenvalue weighted by Gasteiger charge is 2.22. The minimum absolute atomic E-state index is 0.149. The highest BCUT2D eigenvalue weighted by molar-refractivity contribution is 7.21. The summed E-state index contributed by atoms with van der Waals surface area (Å²) in [6.45, 7) is 6.61. The van der Waals surface area contributed by atoms with E-state index < -0.39 is 0 Å². The number of carbonyl (C=O) groups excluding carboxylic acids is 2. The first kappa shape index (κ1) is 25.7. The molecule has 1 aliphatic rings. The Labute approximate surface area is 234 Å². The molecule has 202 valence electrons. The summed E-state index contributed by atoms with van der Waals surface area (Å²) in [6, 6.07) is 15.3. The zero-order valence-electron chi connectivity index (χ0n) is 21.6. The van der Waals surface area contributed by atoms with Crippen LogP contribution in [0.3, 0.4) is 0 Å². The zero-order valence-corrected chi connectivity index (χ0v) is 22.5. The van der Waals surface area contributed by atoms with Crippen molar-refractivity contribution in [2.45, 2.75) is 6.42 Å². The first-order chi connectivity index (χ1) is 19.6. The van der Waals surface area contributed by atoms with E-state index >= 15 is 0 Å². The molecular formula is C29H27N7O3S. The molecule has 1 aliphatic heterocycles. The van der Waals surface area contributed by atoms with Crippen LogP contribution >= 0.6 is 11.3 Å². The van der Waals surface area contributed by atoms with Gasteiger partial charge in [0.25, 0.3) is 5.91 Å². The van der Waals surface area contributed by atoms with Gasteiger partial charge in [-0.25, -0.2) is 9.97 Å². The lowest BCUT2D eigenvalue weighted by Gasteiger charge is -2.28. The number of fused-ring (bicyclic) bond motifs is 2. The molecule has 0 radical (unpaired) electrons. The number of thiophene rings is 1. The van der Waals surface area contributed by atoms with Crippen LogP contribution in [0.2, 0.25) is 0 Å². The lowest BCUT2D eigenvalue weighted by atomic mass is 10.1. The SMILES string of the molecule is C=CC(=O)Nc1ccc(CCNC(=O)c2cc3nc(-c4cccc5[nH]ncc45)nc(N4CCOCC4)c3s2)cc1. The molecule has 0 atom stereocenters. The molecule has 3 aromatic heterocycles. The molecule has 0 saturated carbocycles. The summed E-state index contributed by atoms with van der Waals surface area (Å²) in [6.07, 6.45) is 3.67. The average Bonchev–Trinajstić information content (AvgIpc) is 3.65. The number of benzene rings is 2. The maximum absolute atomic E-state index is 13.1. The Bertz CT molecular complexity index is 1700. The Morgan fingerprint density at radius 3 is 2.75 bits per heavy atom. The molecule has 0 aliphatic carbocycles. The van der Waals surface area contributed by atoms with Gasteiger partial charge in [-0.3, -0.25) is 14.7 Å². The Kier molecular flexibility index (Phi) is 7.21. The van der Waals surface area contributed by atoms with E-state index in [1.54, 1.807) is 6.20 Å². The molecule has 10 nitrogen and oxygen atoms in total. The predicted molar refractivity (Wildman–Crippen MR) is 157 cm³/mol. The molecule has 1 saturated heterocycles. The summed E-state index contributed by atoms with van der Waals surface area (Å²) in [5, 5.41) is 13.9. The molecule has 2 aromatic carbocycles.